The number of nitrogens with zero attached hydrogens (tertiary/aromatic N) is 1. The van der Waals surface area contributed by atoms with Gasteiger partial charge in [0.1, 0.15) is 0 Å². The third kappa shape index (κ3) is 0.954. The zero-order valence-electron chi connectivity index (χ0n) is 5.21. The Morgan fingerprint density at radius 2 is 2.56 bits per heavy atom. The molecule has 0 bridgehead atoms. The molecule has 3 nitrogen and oxygen atoms in total. The Hall–Kier alpha value is -0.830. The summed E-state index contributed by atoms with van der Waals surface area (Å²) in [5, 5.41) is 1.24. The van der Waals surface area contributed by atoms with Gasteiger partial charge in [0.15, 0.2) is 0 Å². The van der Waals surface area contributed by atoms with Crippen LogP contribution in [0.4, 0.5) is 0 Å². The molecule has 9 heavy (non-hydrogen) atoms. The van der Waals surface area contributed by atoms with Gasteiger partial charge < -0.3 is 0 Å². The van der Waals surface area contributed by atoms with Gasteiger partial charge in [-0.2, -0.15) is 0 Å². The summed E-state index contributed by atoms with van der Waals surface area (Å²) in [5.74, 6) is 5.24. The van der Waals surface area contributed by atoms with Crippen molar-refractivity contribution in [2.75, 3.05) is 6.54 Å². The van der Waals surface area contributed by atoms with E-state index in [1.807, 2.05) is 0 Å². The maximum absolute atomic E-state index is 10.9. The van der Waals surface area contributed by atoms with Gasteiger partial charge in [-0.15, -0.1) is 6.58 Å². The van der Waals surface area contributed by atoms with E-state index in [0.717, 1.165) is 6.42 Å². The molecule has 1 amide bonds. The van der Waals surface area contributed by atoms with E-state index < -0.39 is 0 Å². The number of hydrogen-bond acceptors (Lipinski definition) is 2. The van der Waals surface area contributed by atoms with Crippen LogP contribution in [0.2, 0.25) is 0 Å². The Balaban J connectivity index is 2.61. The van der Waals surface area contributed by atoms with Gasteiger partial charge in [-0.05, 0) is 6.42 Å². The van der Waals surface area contributed by atoms with Crippen molar-refractivity contribution in [2.24, 2.45) is 11.8 Å². The van der Waals surface area contributed by atoms with E-state index in [2.05, 4.69) is 6.58 Å². The lowest BCUT2D eigenvalue weighted by molar-refractivity contribution is -0.130. The van der Waals surface area contributed by atoms with E-state index >= 15 is 0 Å². The summed E-state index contributed by atoms with van der Waals surface area (Å²) in [4.78, 5) is 10.9. The summed E-state index contributed by atoms with van der Waals surface area (Å²) in [6.07, 6.45) is 2.47. The molecule has 1 saturated heterocycles. The molecule has 0 aromatic heterocycles. The maximum Gasteiger partial charge on any atom is 0.243 e. The largest absolute Gasteiger partial charge is 0.280 e. The van der Waals surface area contributed by atoms with Crippen LogP contribution in [0, 0.1) is 5.92 Å². The summed E-state index contributed by atoms with van der Waals surface area (Å²) in [6, 6.07) is 0. The van der Waals surface area contributed by atoms with Gasteiger partial charge in [0.25, 0.3) is 0 Å². The molecule has 1 fully saturated rings. The predicted octanol–water partition coefficient (Wildman–Crippen LogP) is -0.105. The van der Waals surface area contributed by atoms with Crippen molar-refractivity contribution < 1.29 is 4.79 Å². The lowest BCUT2D eigenvalue weighted by Crippen LogP contribution is -2.33. The summed E-state index contributed by atoms with van der Waals surface area (Å²) < 4.78 is 0. The summed E-state index contributed by atoms with van der Waals surface area (Å²) in [7, 11) is 0. The van der Waals surface area contributed by atoms with Crippen LogP contribution in [0.25, 0.3) is 0 Å². The molecule has 1 aliphatic rings. The molecule has 0 aliphatic carbocycles. The Morgan fingerprint density at radius 3 is 2.78 bits per heavy atom. The van der Waals surface area contributed by atoms with Crippen LogP contribution >= 0.6 is 0 Å². The van der Waals surface area contributed by atoms with Crippen molar-refractivity contribution in [1.29, 1.82) is 0 Å². The molecule has 1 heterocycles. The highest BCUT2D eigenvalue weighted by molar-refractivity contribution is 5.81. The van der Waals surface area contributed by atoms with Gasteiger partial charge in [-0.1, -0.05) is 6.08 Å². The van der Waals surface area contributed by atoms with Crippen molar-refractivity contribution in [1.82, 2.24) is 5.01 Å². The minimum atomic E-state index is -0.0324. The second-order valence-corrected chi connectivity index (χ2v) is 2.16. The molecule has 0 radical (unpaired) electrons. The third-order valence-electron chi connectivity index (χ3n) is 1.57. The van der Waals surface area contributed by atoms with Crippen LogP contribution in [-0.2, 0) is 4.79 Å². The number of hydrogen-bond donors (Lipinski definition) is 1. The van der Waals surface area contributed by atoms with Gasteiger partial charge in [-0.25, -0.2) is 5.84 Å². The molecule has 1 atom stereocenters. The number of nitrogens with two attached hydrogens (primary N) is 1. The molecule has 1 unspecified atom stereocenters. The molecule has 3 heteroatoms. The topological polar surface area (TPSA) is 46.3 Å². The van der Waals surface area contributed by atoms with E-state index in [-0.39, 0.29) is 11.8 Å². The minimum Gasteiger partial charge on any atom is -0.280 e. The quantitative estimate of drug-likeness (QED) is 0.303. The highest BCUT2D eigenvalue weighted by Crippen LogP contribution is 2.14. The first-order valence-corrected chi connectivity index (χ1v) is 2.94. The van der Waals surface area contributed by atoms with Gasteiger partial charge in [-0.3, -0.25) is 9.80 Å². The molecule has 0 saturated carbocycles. The van der Waals surface area contributed by atoms with Crippen LogP contribution in [-0.4, -0.2) is 17.5 Å². The Bertz CT molecular complexity index is 144. The molecule has 0 aromatic carbocycles. The first kappa shape index (κ1) is 6.29. The van der Waals surface area contributed by atoms with E-state index in [4.69, 9.17) is 5.84 Å². The SMILES string of the molecule is C=CC1CCN(N)C1=O. The number of amides is 1. The molecular formula is C6H10N2O. The Labute approximate surface area is 54.1 Å². The zero-order chi connectivity index (χ0) is 6.85. The lowest BCUT2D eigenvalue weighted by atomic mass is 10.1. The summed E-state index contributed by atoms with van der Waals surface area (Å²) in [5.41, 5.74) is 0. The molecule has 50 valence electrons. The van der Waals surface area contributed by atoms with Crippen LogP contribution in [0.15, 0.2) is 12.7 Å². The first-order chi connectivity index (χ1) is 4.25. The van der Waals surface area contributed by atoms with Gasteiger partial charge in [0.2, 0.25) is 5.91 Å². The third-order valence-corrected chi connectivity index (χ3v) is 1.57. The fourth-order valence-corrected chi connectivity index (χ4v) is 0.943. The molecule has 0 aromatic rings. The van der Waals surface area contributed by atoms with Gasteiger partial charge in [0.05, 0.1) is 5.92 Å². The molecular weight excluding hydrogens is 116 g/mol. The van der Waals surface area contributed by atoms with Gasteiger partial charge in [0, 0.05) is 6.54 Å². The van der Waals surface area contributed by atoms with Crippen molar-refractivity contribution in [2.45, 2.75) is 6.42 Å². The van der Waals surface area contributed by atoms with Crippen molar-refractivity contribution in [3.05, 3.63) is 12.7 Å². The highest BCUT2D eigenvalue weighted by atomic mass is 16.2. The average molecular weight is 126 g/mol. The summed E-state index contributed by atoms with van der Waals surface area (Å²) >= 11 is 0. The molecule has 1 rings (SSSR count). The predicted molar refractivity (Wildman–Crippen MR) is 34.2 cm³/mol. The standard InChI is InChI=1S/C6H10N2O/c1-2-5-3-4-8(7)6(5)9/h2,5H,1,3-4,7H2. The molecule has 2 N–H and O–H groups in total. The maximum atomic E-state index is 10.9. The van der Waals surface area contributed by atoms with E-state index in [9.17, 15) is 4.79 Å². The zero-order valence-corrected chi connectivity index (χ0v) is 5.21. The van der Waals surface area contributed by atoms with Crippen LogP contribution in [0.3, 0.4) is 0 Å². The van der Waals surface area contributed by atoms with Crippen LogP contribution in [0.1, 0.15) is 6.42 Å². The first-order valence-electron chi connectivity index (χ1n) is 2.94. The second-order valence-electron chi connectivity index (χ2n) is 2.16. The fraction of sp³-hybridized carbons (Fsp3) is 0.500. The van der Waals surface area contributed by atoms with E-state index in [1.54, 1.807) is 6.08 Å². The lowest BCUT2D eigenvalue weighted by Gasteiger charge is -2.05. The monoisotopic (exact) mass is 126 g/mol. The second kappa shape index (κ2) is 2.19. The summed E-state index contributed by atoms with van der Waals surface area (Å²) in [6.45, 7) is 4.19. The molecule has 0 spiro atoms. The Morgan fingerprint density at radius 1 is 1.89 bits per heavy atom. The van der Waals surface area contributed by atoms with Gasteiger partial charge >= 0.3 is 0 Å². The average Bonchev–Trinajstić information content (AvgIpc) is 2.15. The number of rotatable bonds is 1. The number of hydrazine groups is 1. The minimum absolute atomic E-state index is 0.00926. The van der Waals surface area contributed by atoms with Crippen molar-refractivity contribution in [3.8, 4) is 0 Å². The van der Waals surface area contributed by atoms with E-state index in [0.29, 0.717) is 6.54 Å². The van der Waals surface area contributed by atoms with Crippen LogP contribution in [0.5, 0.6) is 0 Å². The highest BCUT2D eigenvalue weighted by Gasteiger charge is 2.26. The smallest absolute Gasteiger partial charge is 0.243 e. The van der Waals surface area contributed by atoms with Crippen LogP contribution < -0.4 is 5.84 Å². The fourth-order valence-electron chi connectivity index (χ4n) is 0.943. The number of carbonyl (C=O) groups excluding carboxylic acids is 1. The Kier molecular flexibility index (Phi) is 1.53. The number of carbonyl (C=O) groups is 1. The normalized spacial score (nSPS) is 27.0. The van der Waals surface area contributed by atoms with E-state index in [1.165, 1.54) is 5.01 Å². The molecule has 1 aliphatic heterocycles. The van der Waals surface area contributed by atoms with Crippen molar-refractivity contribution >= 4 is 5.91 Å². The van der Waals surface area contributed by atoms with Crippen molar-refractivity contribution in [3.63, 3.8) is 0 Å².